The van der Waals surface area contributed by atoms with Crippen molar-refractivity contribution in [2.45, 2.75) is 9.79 Å². The fourth-order valence-electron chi connectivity index (χ4n) is 2.77. The van der Waals surface area contributed by atoms with Crippen LogP contribution in [0.1, 0.15) is 0 Å². The molecule has 2 aromatic rings. The highest BCUT2D eigenvalue weighted by Crippen LogP contribution is 2.51. The number of carbonyl (C=O) groups excluding carboxylic acids is 2. The van der Waals surface area contributed by atoms with Crippen molar-refractivity contribution in [1.29, 1.82) is 0 Å². The summed E-state index contributed by atoms with van der Waals surface area (Å²) in [5, 5.41) is 5.01. The molecule has 0 radical (unpaired) electrons. The molecule has 0 unspecified atom stereocenters. The highest BCUT2D eigenvalue weighted by Gasteiger charge is 2.31. The second-order valence-corrected chi connectivity index (χ2v) is 6.98. The Balaban J connectivity index is 2.12. The summed E-state index contributed by atoms with van der Waals surface area (Å²) in [7, 11) is 1.83. The second kappa shape index (κ2) is 4.68. The molecular weight excluding hydrogens is 304 g/mol. The number of thioether (sulfide) groups is 2. The van der Waals surface area contributed by atoms with Crippen LogP contribution in [0.5, 0.6) is 0 Å². The van der Waals surface area contributed by atoms with Gasteiger partial charge < -0.3 is 10.2 Å². The van der Waals surface area contributed by atoms with Crippen molar-refractivity contribution >= 4 is 57.5 Å². The number of hydrogen-bond acceptors (Lipinski definition) is 4. The van der Waals surface area contributed by atoms with Crippen LogP contribution in [0.4, 0.5) is 11.4 Å². The molecule has 0 spiro atoms. The predicted molar refractivity (Wildman–Crippen MR) is 87.4 cm³/mol. The Hall–Kier alpha value is -1.66. The molecule has 0 saturated heterocycles. The van der Waals surface area contributed by atoms with Crippen molar-refractivity contribution < 1.29 is 9.59 Å². The van der Waals surface area contributed by atoms with Crippen LogP contribution in [0.15, 0.2) is 34.1 Å². The molecule has 0 fully saturated rings. The summed E-state index contributed by atoms with van der Waals surface area (Å²) in [4.78, 5) is 27.7. The Morgan fingerprint density at radius 3 is 2.57 bits per heavy atom. The SMILES string of the molecule is CN1C(=O)CSc2c3c(c4ccccc4c21)NC(=O)CS3. The third-order valence-corrected chi connectivity index (χ3v) is 6.07. The quantitative estimate of drug-likeness (QED) is 0.812. The van der Waals surface area contributed by atoms with Crippen LogP contribution in [0.3, 0.4) is 0 Å². The van der Waals surface area contributed by atoms with E-state index in [9.17, 15) is 9.59 Å². The van der Waals surface area contributed by atoms with Crippen LogP contribution in [-0.2, 0) is 9.59 Å². The third-order valence-electron chi connectivity index (χ3n) is 3.76. The number of nitrogens with one attached hydrogen (secondary N) is 1. The number of nitrogens with zero attached hydrogens (tertiary/aromatic N) is 1. The van der Waals surface area contributed by atoms with Gasteiger partial charge in [-0.25, -0.2) is 0 Å². The zero-order chi connectivity index (χ0) is 14.6. The summed E-state index contributed by atoms with van der Waals surface area (Å²) in [5.41, 5.74) is 1.86. The van der Waals surface area contributed by atoms with Crippen molar-refractivity contribution in [3.05, 3.63) is 24.3 Å². The number of rotatable bonds is 0. The Morgan fingerprint density at radius 1 is 1.05 bits per heavy atom. The van der Waals surface area contributed by atoms with Crippen LogP contribution >= 0.6 is 23.5 Å². The zero-order valence-corrected chi connectivity index (χ0v) is 12.9. The van der Waals surface area contributed by atoms with E-state index in [-0.39, 0.29) is 11.8 Å². The largest absolute Gasteiger partial charge is 0.324 e. The number of fused-ring (bicyclic) bond motifs is 6. The first-order chi connectivity index (χ1) is 10.2. The van der Waals surface area contributed by atoms with Crippen molar-refractivity contribution in [2.24, 2.45) is 0 Å². The fraction of sp³-hybridized carbons (Fsp3) is 0.200. The molecule has 6 heteroatoms. The first-order valence-corrected chi connectivity index (χ1v) is 8.54. The van der Waals surface area contributed by atoms with Gasteiger partial charge in [-0.05, 0) is 0 Å². The molecule has 0 aromatic heterocycles. The lowest BCUT2D eigenvalue weighted by Crippen LogP contribution is -2.32. The molecule has 0 saturated carbocycles. The van der Waals surface area contributed by atoms with Gasteiger partial charge in [0, 0.05) is 27.6 Å². The number of amides is 2. The molecule has 4 nitrogen and oxygen atoms in total. The Kier molecular flexibility index (Phi) is 2.90. The molecule has 2 aromatic carbocycles. The third kappa shape index (κ3) is 1.86. The Labute approximate surface area is 130 Å². The van der Waals surface area contributed by atoms with E-state index in [4.69, 9.17) is 0 Å². The van der Waals surface area contributed by atoms with Crippen LogP contribution in [0.2, 0.25) is 0 Å². The van der Waals surface area contributed by atoms with Gasteiger partial charge in [-0.1, -0.05) is 24.3 Å². The lowest BCUT2D eigenvalue weighted by atomic mass is 10.1. The minimum atomic E-state index is 0.0304. The van der Waals surface area contributed by atoms with Gasteiger partial charge in [0.2, 0.25) is 11.8 Å². The average molecular weight is 316 g/mol. The van der Waals surface area contributed by atoms with Gasteiger partial charge in [-0.3, -0.25) is 9.59 Å². The molecule has 2 aliphatic rings. The summed E-state index contributed by atoms with van der Waals surface area (Å²) in [6.45, 7) is 0. The molecule has 0 aliphatic carbocycles. The minimum absolute atomic E-state index is 0.0304. The number of hydrogen-bond donors (Lipinski definition) is 1. The molecule has 1 N–H and O–H groups in total. The van der Waals surface area contributed by atoms with E-state index in [2.05, 4.69) is 5.32 Å². The Morgan fingerprint density at radius 2 is 1.76 bits per heavy atom. The molecule has 2 heterocycles. The smallest absolute Gasteiger partial charge is 0.237 e. The van der Waals surface area contributed by atoms with E-state index in [1.54, 1.807) is 28.4 Å². The first kappa shape index (κ1) is 13.0. The highest BCUT2D eigenvalue weighted by molar-refractivity contribution is 8.03. The second-order valence-electron chi connectivity index (χ2n) is 5.01. The van der Waals surface area contributed by atoms with Crippen molar-refractivity contribution in [2.75, 3.05) is 28.8 Å². The molecule has 106 valence electrons. The van der Waals surface area contributed by atoms with Crippen LogP contribution < -0.4 is 10.2 Å². The van der Waals surface area contributed by atoms with Gasteiger partial charge in [0.05, 0.1) is 22.9 Å². The summed E-state index contributed by atoms with van der Waals surface area (Å²) in [5.74, 6) is 1.02. The van der Waals surface area contributed by atoms with E-state index < -0.39 is 0 Å². The number of carbonyl (C=O) groups is 2. The van der Waals surface area contributed by atoms with E-state index in [0.29, 0.717) is 11.5 Å². The maximum atomic E-state index is 12.0. The summed E-state index contributed by atoms with van der Waals surface area (Å²) >= 11 is 3.13. The topological polar surface area (TPSA) is 49.4 Å². The molecule has 21 heavy (non-hydrogen) atoms. The van der Waals surface area contributed by atoms with E-state index in [0.717, 1.165) is 31.9 Å². The van der Waals surface area contributed by atoms with Crippen molar-refractivity contribution in [3.8, 4) is 0 Å². The zero-order valence-electron chi connectivity index (χ0n) is 11.3. The Bertz CT molecular complexity index is 804. The standard InChI is InChI=1S/C15H12N2O2S2/c1-17-11(19)7-21-15-13(17)9-5-3-2-4-8(9)12-14(15)20-6-10(18)16-12/h2-5H,6-7H2,1H3,(H,16,18). The van der Waals surface area contributed by atoms with Gasteiger partial charge >= 0.3 is 0 Å². The highest BCUT2D eigenvalue weighted by atomic mass is 32.2. The summed E-state index contributed by atoms with van der Waals surface area (Å²) in [6.07, 6.45) is 0. The van der Waals surface area contributed by atoms with Gasteiger partial charge in [-0.2, -0.15) is 0 Å². The van der Waals surface area contributed by atoms with Gasteiger partial charge in [-0.15, -0.1) is 23.5 Å². The fourth-order valence-corrected chi connectivity index (χ4v) is 5.08. The maximum absolute atomic E-state index is 12.0. The van der Waals surface area contributed by atoms with Gasteiger partial charge in [0.25, 0.3) is 0 Å². The monoisotopic (exact) mass is 316 g/mol. The minimum Gasteiger partial charge on any atom is -0.324 e. The van der Waals surface area contributed by atoms with Crippen molar-refractivity contribution in [1.82, 2.24) is 0 Å². The molecule has 2 amide bonds. The van der Waals surface area contributed by atoms with Gasteiger partial charge in [0.1, 0.15) is 0 Å². The van der Waals surface area contributed by atoms with Crippen LogP contribution in [-0.4, -0.2) is 30.4 Å². The molecule has 0 atom stereocenters. The number of anilines is 2. The van der Waals surface area contributed by atoms with Crippen LogP contribution in [0.25, 0.3) is 10.8 Å². The van der Waals surface area contributed by atoms with E-state index in [1.807, 2.05) is 31.3 Å². The molecule has 2 aliphatic heterocycles. The number of benzene rings is 2. The molecule has 4 rings (SSSR count). The van der Waals surface area contributed by atoms with Crippen molar-refractivity contribution in [3.63, 3.8) is 0 Å². The lowest BCUT2D eigenvalue weighted by molar-refractivity contribution is -0.116. The summed E-state index contributed by atoms with van der Waals surface area (Å²) < 4.78 is 0. The molecule has 0 bridgehead atoms. The maximum Gasteiger partial charge on any atom is 0.237 e. The summed E-state index contributed by atoms with van der Waals surface area (Å²) in [6, 6.07) is 7.93. The van der Waals surface area contributed by atoms with Gasteiger partial charge in [0.15, 0.2) is 0 Å². The first-order valence-electron chi connectivity index (χ1n) is 6.57. The predicted octanol–water partition coefficient (Wildman–Crippen LogP) is 2.95. The lowest BCUT2D eigenvalue weighted by Gasteiger charge is -2.31. The van der Waals surface area contributed by atoms with E-state index >= 15 is 0 Å². The molecular formula is C15H12N2O2S2. The van der Waals surface area contributed by atoms with Crippen LogP contribution in [0, 0.1) is 0 Å². The normalized spacial score (nSPS) is 17.5. The average Bonchev–Trinajstić information content (AvgIpc) is 2.50. The van der Waals surface area contributed by atoms with E-state index in [1.165, 1.54) is 0 Å².